The molecular weight excluding hydrogens is 587 g/mol. The Morgan fingerprint density at radius 3 is 2.48 bits per heavy atom. The third-order valence-corrected chi connectivity index (χ3v) is 8.59. The number of rotatable bonds is 8. The van der Waals surface area contributed by atoms with Crippen molar-refractivity contribution in [2.24, 2.45) is 5.92 Å². The fraction of sp³-hybridized carbons (Fsp3) is 0.310. The third kappa shape index (κ3) is 7.12. The van der Waals surface area contributed by atoms with Gasteiger partial charge < -0.3 is 25.0 Å². The van der Waals surface area contributed by atoms with Crippen molar-refractivity contribution < 1.29 is 32.2 Å². The molecule has 0 saturated heterocycles. The minimum absolute atomic E-state index is 0.000860. The number of benzene rings is 3. The van der Waals surface area contributed by atoms with Crippen LogP contribution < -0.4 is 14.8 Å². The number of nitrogens with zero attached hydrogens (tertiary/aromatic N) is 2. The number of anilines is 2. The smallest absolute Gasteiger partial charge is 0.321 e. The number of halogens is 2. The number of likely N-dealkylation sites (N-methyl/N-ethyl adjacent to an activating group) is 1. The lowest BCUT2D eigenvalue weighted by Crippen LogP contribution is -2.50. The zero-order valence-electron chi connectivity index (χ0n) is 23.3. The Morgan fingerprint density at radius 1 is 1.17 bits per heavy atom. The fourth-order valence-corrected chi connectivity index (χ4v) is 5.65. The van der Waals surface area contributed by atoms with Crippen LogP contribution in [-0.2, 0) is 10.0 Å². The molecule has 1 aliphatic rings. The van der Waals surface area contributed by atoms with E-state index in [1.54, 1.807) is 14.0 Å². The summed E-state index contributed by atoms with van der Waals surface area (Å²) in [7, 11) is -2.54. The summed E-state index contributed by atoms with van der Waals surface area (Å²) in [5.74, 6) is -1.22. The normalized spacial score (nSPS) is 17.8. The Balaban J connectivity index is 1.68. The highest BCUT2D eigenvalue weighted by atomic mass is 35.5. The molecule has 224 valence electrons. The van der Waals surface area contributed by atoms with Gasteiger partial charge in [0.25, 0.3) is 15.9 Å². The second-order valence-electron chi connectivity index (χ2n) is 10.2. The van der Waals surface area contributed by atoms with E-state index in [0.29, 0.717) is 10.7 Å². The predicted octanol–water partition coefficient (Wildman–Crippen LogP) is 4.66. The standard InChI is InChI=1S/C29H32ClFN4O6S/c1-18-15-35(19(2)17-36)28(37)24-5-4-6-25(33-42(39,40)23-13-7-20(30)8-14-23)27(24)41-26(18)16-34(3)29(38)32-22-11-9-21(31)10-12-22/h4-14,18-19,26,33,36H,15-17H2,1-3H3,(H,32,38)/t18-,19+,26-/m0/s1. The summed E-state index contributed by atoms with van der Waals surface area (Å²) >= 11 is 5.92. The molecule has 3 aromatic carbocycles. The second-order valence-corrected chi connectivity index (χ2v) is 12.3. The first-order chi connectivity index (χ1) is 19.9. The van der Waals surface area contributed by atoms with E-state index >= 15 is 0 Å². The van der Waals surface area contributed by atoms with E-state index in [4.69, 9.17) is 16.3 Å². The number of hydrogen-bond donors (Lipinski definition) is 3. The molecule has 1 aliphatic heterocycles. The first-order valence-electron chi connectivity index (χ1n) is 13.2. The molecule has 3 atom stereocenters. The number of carbonyl (C=O) groups excluding carboxylic acids is 2. The van der Waals surface area contributed by atoms with Gasteiger partial charge in [-0.15, -0.1) is 0 Å². The number of hydrogen-bond acceptors (Lipinski definition) is 6. The lowest BCUT2D eigenvalue weighted by Gasteiger charge is -2.38. The molecule has 0 unspecified atom stereocenters. The van der Waals surface area contributed by atoms with Gasteiger partial charge in [-0.3, -0.25) is 9.52 Å². The molecule has 0 aliphatic carbocycles. The number of urea groups is 1. The maximum absolute atomic E-state index is 13.7. The Morgan fingerprint density at radius 2 is 1.83 bits per heavy atom. The molecule has 13 heteroatoms. The minimum Gasteiger partial charge on any atom is -0.485 e. The highest BCUT2D eigenvalue weighted by Gasteiger charge is 2.35. The van der Waals surface area contributed by atoms with Gasteiger partial charge in [-0.1, -0.05) is 24.6 Å². The molecule has 3 amide bonds. The number of ether oxygens (including phenoxy) is 1. The van der Waals surface area contributed by atoms with Gasteiger partial charge in [-0.2, -0.15) is 0 Å². The first-order valence-corrected chi connectivity index (χ1v) is 15.0. The molecule has 0 fully saturated rings. The Hall–Kier alpha value is -3.87. The predicted molar refractivity (Wildman–Crippen MR) is 158 cm³/mol. The van der Waals surface area contributed by atoms with Crippen molar-refractivity contribution in [1.82, 2.24) is 9.80 Å². The third-order valence-electron chi connectivity index (χ3n) is 6.96. The highest BCUT2D eigenvalue weighted by molar-refractivity contribution is 7.92. The van der Waals surface area contributed by atoms with Gasteiger partial charge in [-0.05, 0) is 67.6 Å². The van der Waals surface area contributed by atoms with E-state index in [0.717, 1.165) is 0 Å². The van der Waals surface area contributed by atoms with Crippen molar-refractivity contribution >= 4 is 44.9 Å². The number of para-hydroxylation sites is 1. The molecule has 0 radical (unpaired) electrons. The van der Waals surface area contributed by atoms with Crippen molar-refractivity contribution in [3.63, 3.8) is 0 Å². The number of aliphatic hydroxyl groups is 1. The number of amides is 3. The molecule has 1 heterocycles. The van der Waals surface area contributed by atoms with Crippen molar-refractivity contribution in [1.29, 1.82) is 0 Å². The quantitative estimate of drug-likeness (QED) is 0.337. The lowest BCUT2D eigenvalue weighted by molar-refractivity contribution is 0.0373. The maximum atomic E-state index is 13.7. The van der Waals surface area contributed by atoms with Crippen molar-refractivity contribution in [2.75, 3.05) is 36.8 Å². The lowest BCUT2D eigenvalue weighted by atomic mass is 9.99. The van der Waals surface area contributed by atoms with Crippen LogP contribution in [0, 0.1) is 11.7 Å². The molecule has 10 nitrogen and oxygen atoms in total. The van der Waals surface area contributed by atoms with E-state index in [1.165, 1.54) is 76.5 Å². The average Bonchev–Trinajstić information content (AvgIpc) is 2.96. The van der Waals surface area contributed by atoms with E-state index in [1.807, 2.05) is 6.92 Å². The fourth-order valence-electron chi connectivity index (χ4n) is 4.46. The summed E-state index contributed by atoms with van der Waals surface area (Å²) in [6.07, 6.45) is -0.699. The summed E-state index contributed by atoms with van der Waals surface area (Å²) < 4.78 is 48.7. The number of fused-ring (bicyclic) bond motifs is 1. The molecule has 0 saturated carbocycles. The number of carbonyl (C=O) groups is 2. The topological polar surface area (TPSA) is 128 Å². The highest BCUT2D eigenvalue weighted by Crippen LogP contribution is 2.36. The summed E-state index contributed by atoms with van der Waals surface area (Å²) in [5.41, 5.74) is 0.532. The van der Waals surface area contributed by atoms with E-state index in [-0.39, 0.29) is 47.5 Å². The maximum Gasteiger partial charge on any atom is 0.321 e. The van der Waals surface area contributed by atoms with Crippen LogP contribution in [0.25, 0.3) is 0 Å². The zero-order valence-corrected chi connectivity index (χ0v) is 24.8. The summed E-state index contributed by atoms with van der Waals surface area (Å²) in [4.78, 5) is 29.5. The van der Waals surface area contributed by atoms with Gasteiger partial charge in [0.05, 0.1) is 35.3 Å². The van der Waals surface area contributed by atoms with Crippen LogP contribution in [0.4, 0.5) is 20.6 Å². The monoisotopic (exact) mass is 618 g/mol. The number of aliphatic hydroxyl groups excluding tert-OH is 1. The number of sulfonamides is 1. The van der Waals surface area contributed by atoms with E-state index in [9.17, 15) is 27.5 Å². The van der Waals surface area contributed by atoms with Gasteiger partial charge in [0.1, 0.15) is 11.9 Å². The van der Waals surface area contributed by atoms with E-state index < -0.39 is 39.9 Å². The SMILES string of the molecule is C[C@H](CO)N1C[C@H](C)[C@H](CN(C)C(=O)Nc2ccc(F)cc2)Oc2c(NS(=O)(=O)c3ccc(Cl)cc3)cccc2C1=O. The van der Waals surface area contributed by atoms with Crippen LogP contribution in [0.2, 0.25) is 5.02 Å². The van der Waals surface area contributed by atoms with Gasteiger partial charge in [0.15, 0.2) is 5.75 Å². The Kier molecular flexibility index (Phi) is 9.60. The minimum atomic E-state index is -4.10. The van der Waals surface area contributed by atoms with Crippen molar-refractivity contribution in [3.8, 4) is 5.75 Å². The Bertz CT molecular complexity index is 1540. The summed E-state index contributed by atoms with van der Waals surface area (Å²) in [6.45, 7) is 3.52. The molecular formula is C29H32ClFN4O6S. The van der Waals surface area contributed by atoms with Crippen LogP contribution in [0.5, 0.6) is 5.75 Å². The van der Waals surface area contributed by atoms with Crippen LogP contribution in [0.3, 0.4) is 0 Å². The van der Waals surface area contributed by atoms with Gasteiger partial charge in [0, 0.05) is 30.2 Å². The molecule has 3 N–H and O–H groups in total. The summed E-state index contributed by atoms with van der Waals surface area (Å²) in [6, 6.07) is 14.4. The van der Waals surface area contributed by atoms with Gasteiger partial charge >= 0.3 is 6.03 Å². The van der Waals surface area contributed by atoms with Crippen LogP contribution in [0.15, 0.2) is 71.6 Å². The van der Waals surface area contributed by atoms with Crippen LogP contribution in [0.1, 0.15) is 24.2 Å². The van der Waals surface area contributed by atoms with E-state index in [2.05, 4.69) is 10.0 Å². The molecule has 0 aromatic heterocycles. The van der Waals surface area contributed by atoms with Crippen LogP contribution in [-0.4, -0.2) is 74.2 Å². The second kappa shape index (κ2) is 13.0. The molecule has 0 bridgehead atoms. The zero-order chi connectivity index (χ0) is 30.6. The van der Waals surface area contributed by atoms with Gasteiger partial charge in [-0.25, -0.2) is 17.6 Å². The first kappa shape index (κ1) is 31.1. The molecule has 0 spiro atoms. The number of nitrogens with one attached hydrogen (secondary N) is 2. The van der Waals surface area contributed by atoms with Crippen LogP contribution >= 0.6 is 11.6 Å². The summed E-state index contributed by atoms with van der Waals surface area (Å²) in [5, 5.41) is 12.9. The molecule has 4 rings (SSSR count). The van der Waals surface area contributed by atoms with Gasteiger partial charge in [0.2, 0.25) is 0 Å². The molecule has 42 heavy (non-hydrogen) atoms. The average molecular weight is 619 g/mol. The van der Waals surface area contributed by atoms with Crippen molar-refractivity contribution in [3.05, 3.63) is 83.1 Å². The Labute approximate surface area is 249 Å². The molecule has 3 aromatic rings. The largest absolute Gasteiger partial charge is 0.485 e. The van der Waals surface area contributed by atoms with Crippen molar-refractivity contribution in [2.45, 2.75) is 30.9 Å².